The van der Waals surface area contributed by atoms with Crippen LogP contribution in [0.1, 0.15) is 18.4 Å². The van der Waals surface area contributed by atoms with E-state index in [2.05, 4.69) is 5.32 Å². The topological polar surface area (TPSA) is 119 Å². The smallest absolute Gasteiger partial charge is 0.326 e. The number of carboxylic acid groups (broad SMARTS) is 1. The van der Waals surface area contributed by atoms with E-state index in [1.54, 1.807) is 6.07 Å². The van der Waals surface area contributed by atoms with Gasteiger partial charge in [-0.05, 0) is 12.8 Å². The minimum atomic E-state index is -1.25. The highest BCUT2D eigenvalue weighted by Gasteiger charge is 2.29. The minimum absolute atomic E-state index is 0.162. The van der Waals surface area contributed by atoms with Crippen LogP contribution in [0.4, 0.5) is 5.69 Å². The number of benzene rings is 1. The van der Waals surface area contributed by atoms with Crippen LogP contribution in [-0.2, 0) is 20.7 Å². The van der Waals surface area contributed by atoms with Crippen LogP contribution in [0, 0.1) is 10.1 Å². The fraction of sp³-hybridized carbons (Fsp3) is 0.429. The molecule has 1 aliphatic heterocycles. The van der Waals surface area contributed by atoms with Gasteiger partial charge in [-0.2, -0.15) is 0 Å². The molecule has 1 amide bonds. The van der Waals surface area contributed by atoms with E-state index in [1.807, 2.05) is 0 Å². The first-order valence-electron chi connectivity index (χ1n) is 6.86. The van der Waals surface area contributed by atoms with E-state index in [0.29, 0.717) is 13.0 Å². The first-order chi connectivity index (χ1) is 10.5. The third kappa shape index (κ3) is 3.79. The number of hydrogen-bond acceptors (Lipinski definition) is 5. The van der Waals surface area contributed by atoms with Crippen LogP contribution in [0.15, 0.2) is 24.3 Å². The maximum Gasteiger partial charge on any atom is 0.326 e. The molecular weight excluding hydrogens is 292 g/mol. The molecule has 0 spiro atoms. The third-order valence-corrected chi connectivity index (χ3v) is 3.45. The monoisotopic (exact) mass is 308 g/mol. The van der Waals surface area contributed by atoms with Gasteiger partial charge in [0.15, 0.2) is 0 Å². The van der Waals surface area contributed by atoms with Gasteiger partial charge in [-0.25, -0.2) is 4.79 Å². The molecule has 0 radical (unpaired) electrons. The highest BCUT2D eigenvalue weighted by molar-refractivity contribution is 5.86. The molecule has 1 aromatic rings. The predicted molar refractivity (Wildman–Crippen MR) is 75.3 cm³/mol. The van der Waals surface area contributed by atoms with Crippen molar-refractivity contribution in [1.82, 2.24) is 5.32 Å². The summed E-state index contributed by atoms with van der Waals surface area (Å²) < 4.78 is 5.19. The molecule has 0 saturated carbocycles. The first kappa shape index (κ1) is 15.9. The summed E-state index contributed by atoms with van der Waals surface area (Å²) in [5.41, 5.74) is 0.0904. The summed E-state index contributed by atoms with van der Waals surface area (Å²) in [5, 5.41) is 22.6. The van der Waals surface area contributed by atoms with E-state index in [4.69, 9.17) is 4.74 Å². The fourth-order valence-electron chi connectivity index (χ4n) is 2.33. The van der Waals surface area contributed by atoms with Gasteiger partial charge in [0.25, 0.3) is 5.69 Å². The predicted octanol–water partition coefficient (Wildman–Crippen LogP) is 0.886. The molecule has 1 aliphatic rings. The summed E-state index contributed by atoms with van der Waals surface area (Å²) >= 11 is 0. The largest absolute Gasteiger partial charge is 0.480 e. The lowest BCUT2D eigenvalue weighted by atomic mass is 10.0. The lowest BCUT2D eigenvalue weighted by molar-refractivity contribution is -0.385. The second-order valence-electron chi connectivity index (χ2n) is 4.99. The first-order valence-corrected chi connectivity index (χ1v) is 6.86. The Labute approximate surface area is 126 Å². The number of amides is 1. The summed E-state index contributed by atoms with van der Waals surface area (Å²) in [6.45, 7) is 0.472. The summed E-state index contributed by atoms with van der Waals surface area (Å²) in [5.74, 6) is -1.74. The lowest BCUT2D eigenvalue weighted by Gasteiger charge is -2.17. The van der Waals surface area contributed by atoms with Crippen molar-refractivity contribution in [2.45, 2.75) is 31.4 Å². The van der Waals surface area contributed by atoms with Crippen molar-refractivity contribution >= 4 is 17.6 Å². The maximum atomic E-state index is 11.9. The molecule has 0 bridgehead atoms. The summed E-state index contributed by atoms with van der Waals surface area (Å²) in [4.78, 5) is 33.6. The summed E-state index contributed by atoms with van der Waals surface area (Å²) in [6, 6.07) is 4.63. The van der Waals surface area contributed by atoms with Gasteiger partial charge in [0.05, 0.1) is 4.92 Å². The van der Waals surface area contributed by atoms with Crippen molar-refractivity contribution in [2.75, 3.05) is 6.61 Å². The zero-order valence-corrected chi connectivity index (χ0v) is 11.7. The lowest BCUT2D eigenvalue weighted by Crippen LogP contribution is -2.46. The molecule has 8 heteroatoms. The Hall–Kier alpha value is -2.48. The number of carbonyl (C=O) groups is 2. The molecule has 0 aliphatic carbocycles. The van der Waals surface area contributed by atoms with E-state index < -0.39 is 28.9 Å². The minimum Gasteiger partial charge on any atom is -0.480 e. The van der Waals surface area contributed by atoms with Crippen LogP contribution in [0.25, 0.3) is 0 Å². The molecule has 1 heterocycles. The average Bonchev–Trinajstić information content (AvgIpc) is 3.01. The number of carbonyl (C=O) groups excluding carboxylic acids is 1. The van der Waals surface area contributed by atoms with Gasteiger partial charge in [-0.15, -0.1) is 0 Å². The number of nitrogens with zero attached hydrogens (tertiary/aromatic N) is 1. The molecule has 2 N–H and O–H groups in total. The highest BCUT2D eigenvalue weighted by atomic mass is 16.6. The van der Waals surface area contributed by atoms with Crippen LogP contribution in [0.2, 0.25) is 0 Å². The second-order valence-corrected chi connectivity index (χ2v) is 4.99. The van der Waals surface area contributed by atoms with Gasteiger partial charge >= 0.3 is 5.97 Å². The Kier molecular flexibility index (Phi) is 5.05. The van der Waals surface area contributed by atoms with Crippen LogP contribution < -0.4 is 5.32 Å². The number of rotatable bonds is 6. The average molecular weight is 308 g/mol. The Bertz CT molecular complexity index is 582. The van der Waals surface area contributed by atoms with Crippen molar-refractivity contribution in [3.63, 3.8) is 0 Å². The number of nitro benzene ring substituents is 1. The van der Waals surface area contributed by atoms with Crippen LogP contribution in [0.5, 0.6) is 0 Å². The molecule has 1 aromatic carbocycles. The quantitative estimate of drug-likeness (QED) is 0.595. The van der Waals surface area contributed by atoms with Crippen molar-refractivity contribution in [2.24, 2.45) is 0 Å². The van der Waals surface area contributed by atoms with E-state index in [9.17, 15) is 24.8 Å². The molecule has 0 unspecified atom stereocenters. The van der Waals surface area contributed by atoms with Gasteiger partial charge in [0.1, 0.15) is 12.1 Å². The molecule has 118 valence electrons. The molecule has 0 aromatic heterocycles. The molecular formula is C14H16N2O6. The maximum absolute atomic E-state index is 11.9. The molecule has 1 saturated heterocycles. The summed E-state index contributed by atoms with van der Waals surface area (Å²) in [6.07, 6.45) is 0.488. The SMILES string of the molecule is O=C(N[C@H](Cc1ccccc1[N+](=O)[O-])C(=O)O)[C@@H]1CCCO1. The zero-order chi connectivity index (χ0) is 16.1. The molecule has 2 atom stereocenters. The van der Waals surface area contributed by atoms with Gasteiger partial charge in [-0.1, -0.05) is 18.2 Å². The molecule has 2 rings (SSSR count). The second kappa shape index (κ2) is 6.99. The van der Waals surface area contributed by atoms with Gasteiger partial charge in [0.2, 0.25) is 5.91 Å². The number of carboxylic acids is 1. The van der Waals surface area contributed by atoms with Crippen LogP contribution in [-0.4, -0.2) is 40.7 Å². The number of hydrogen-bond donors (Lipinski definition) is 2. The summed E-state index contributed by atoms with van der Waals surface area (Å²) in [7, 11) is 0. The standard InChI is InChI=1S/C14H16N2O6/c17-13(12-6-3-7-22-12)15-10(14(18)19)8-9-4-1-2-5-11(9)16(20)21/h1-2,4-5,10,12H,3,6-8H2,(H,15,17)(H,18,19)/t10-,12+/m1/s1. The Morgan fingerprint density at radius 2 is 2.18 bits per heavy atom. The van der Waals surface area contributed by atoms with Crippen LogP contribution >= 0.6 is 0 Å². The third-order valence-electron chi connectivity index (χ3n) is 3.45. The number of ether oxygens (including phenoxy) is 1. The van der Waals surface area contributed by atoms with E-state index in [1.165, 1.54) is 18.2 Å². The van der Waals surface area contributed by atoms with Crippen LogP contribution in [0.3, 0.4) is 0 Å². The van der Waals surface area contributed by atoms with Crippen molar-refractivity contribution in [1.29, 1.82) is 0 Å². The molecule has 1 fully saturated rings. The van der Waals surface area contributed by atoms with Crippen molar-refractivity contribution in [3.8, 4) is 0 Å². The molecule has 22 heavy (non-hydrogen) atoms. The zero-order valence-electron chi connectivity index (χ0n) is 11.7. The Morgan fingerprint density at radius 1 is 1.45 bits per heavy atom. The fourth-order valence-corrected chi connectivity index (χ4v) is 2.33. The van der Waals surface area contributed by atoms with Gasteiger partial charge < -0.3 is 15.2 Å². The number of aliphatic carboxylic acids is 1. The van der Waals surface area contributed by atoms with Crippen molar-refractivity contribution < 1.29 is 24.4 Å². The number of para-hydroxylation sites is 1. The van der Waals surface area contributed by atoms with E-state index in [-0.39, 0.29) is 17.7 Å². The molecule has 8 nitrogen and oxygen atoms in total. The van der Waals surface area contributed by atoms with E-state index in [0.717, 1.165) is 6.42 Å². The normalized spacial score (nSPS) is 18.6. The van der Waals surface area contributed by atoms with Gasteiger partial charge in [-0.3, -0.25) is 14.9 Å². The van der Waals surface area contributed by atoms with Gasteiger partial charge in [0, 0.05) is 24.7 Å². The number of nitrogens with one attached hydrogen (secondary N) is 1. The number of nitro groups is 1. The Balaban J connectivity index is 2.10. The van der Waals surface area contributed by atoms with Crippen molar-refractivity contribution in [3.05, 3.63) is 39.9 Å². The highest BCUT2D eigenvalue weighted by Crippen LogP contribution is 2.20. The Morgan fingerprint density at radius 3 is 2.77 bits per heavy atom. The van der Waals surface area contributed by atoms with E-state index >= 15 is 0 Å².